The molecule has 1 unspecified atom stereocenters. The lowest BCUT2D eigenvalue weighted by Gasteiger charge is -2.19. The van der Waals surface area contributed by atoms with Crippen LogP contribution in [0.4, 0.5) is 0 Å². The second-order valence-electron chi connectivity index (χ2n) is 4.26. The number of likely N-dealkylation sites (N-methyl/N-ethyl adjacent to an activating group) is 1. The van der Waals surface area contributed by atoms with Crippen LogP contribution in [-0.2, 0) is 9.59 Å². The van der Waals surface area contributed by atoms with Crippen molar-refractivity contribution in [3.63, 3.8) is 0 Å². The Morgan fingerprint density at radius 1 is 1.37 bits per heavy atom. The molecule has 0 aromatic heterocycles. The van der Waals surface area contributed by atoms with Gasteiger partial charge in [-0.25, -0.2) is 0 Å². The molecule has 0 aliphatic carbocycles. The van der Waals surface area contributed by atoms with Crippen LogP contribution in [0.15, 0.2) is 24.3 Å². The number of benzene rings is 1. The Morgan fingerprint density at radius 2 is 1.95 bits per heavy atom. The van der Waals surface area contributed by atoms with Crippen molar-refractivity contribution in [3.05, 3.63) is 27.8 Å². The van der Waals surface area contributed by atoms with E-state index in [1.807, 2.05) is 12.1 Å². The zero-order valence-electron chi connectivity index (χ0n) is 10.8. The number of ether oxygens (including phenoxy) is 1. The van der Waals surface area contributed by atoms with Gasteiger partial charge in [-0.15, -0.1) is 0 Å². The molecular weight excluding hydrogens is 361 g/mol. The van der Waals surface area contributed by atoms with E-state index in [-0.39, 0.29) is 19.1 Å². The highest BCUT2D eigenvalue weighted by Gasteiger charge is 2.17. The van der Waals surface area contributed by atoms with Crippen molar-refractivity contribution in [1.82, 2.24) is 4.90 Å². The maximum absolute atomic E-state index is 11.7. The lowest BCUT2D eigenvalue weighted by atomic mass is 10.2. The molecule has 0 fully saturated rings. The van der Waals surface area contributed by atoms with Crippen LogP contribution in [0.2, 0.25) is 0 Å². The predicted molar refractivity (Wildman–Crippen MR) is 79.1 cm³/mol. The largest absolute Gasteiger partial charge is 0.484 e. The fourth-order valence-electron chi connectivity index (χ4n) is 1.38. The van der Waals surface area contributed by atoms with E-state index in [4.69, 9.17) is 9.84 Å². The van der Waals surface area contributed by atoms with E-state index in [1.165, 1.54) is 4.90 Å². The average molecular weight is 377 g/mol. The second-order valence-corrected chi connectivity index (χ2v) is 5.50. The maximum atomic E-state index is 11.7. The summed E-state index contributed by atoms with van der Waals surface area (Å²) in [6.07, 6.45) is 0. The number of hydrogen-bond acceptors (Lipinski definition) is 3. The first-order valence-corrected chi connectivity index (χ1v) is 6.83. The summed E-state index contributed by atoms with van der Waals surface area (Å²) in [6.45, 7) is 1.64. The van der Waals surface area contributed by atoms with Crippen LogP contribution in [0.25, 0.3) is 0 Å². The zero-order chi connectivity index (χ0) is 14.4. The molecule has 104 valence electrons. The van der Waals surface area contributed by atoms with Crippen molar-refractivity contribution in [2.75, 3.05) is 20.2 Å². The first-order valence-electron chi connectivity index (χ1n) is 5.75. The summed E-state index contributed by atoms with van der Waals surface area (Å²) >= 11 is 2.18. The molecule has 5 nitrogen and oxygen atoms in total. The molecule has 1 aromatic carbocycles. The van der Waals surface area contributed by atoms with Crippen molar-refractivity contribution in [3.8, 4) is 5.75 Å². The number of carbonyl (C=O) groups excluding carboxylic acids is 1. The van der Waals surface area contributed by atoms with Gasteiger partial charge in [-0.2, -0.15) is 0 Å². The molecule has 1 rings (SSSR count). The Bertz CT molecular complexity index is 446. The number of carbonyl (C=O) groups is 2. The highest BCUT2D eigenvalue weighted by Crippen LogP contribution is 2.13. The number of amides is 1. The van der Waals surface area contributed by atoms with Crippen LogP contribution in [0.1, 0.15) is 6.92 Å². The Balaban J connectivity index is 2.42. The number of carboxylic acid groups (broad SMARTS) is 1. The Morgan fingerprint density at radius 3 is 2.47 bits per heavy atom. The van der Waals surface area contributed by atoms with E-state index in [2.05, 4.69) is 22.6 Å². The van der Waals surface area contributed by atoms with Gasteiger partial charge >= 0.3 is 5.97 Å². The Hall–Kier alpha value is -1.31. The highest BCUT2D eigenvalue weighted by atomic mass is 127. The molecule has 1 N–H and O–H groups in total. The van der Waals surface area contributed by atoms with Gasteiger partial charge in [0.05, 0.1) is 5.92 Å². The standard InChI is InChI=1S/C13H16INO4/c1-9(13(17)18)7-15(2)12(16)8-19-11-5-3-10(14)4-6-11/h3-6,9H,7-8H2,1-2H3,(H,17,18). The molecule has 0 aliphatic rings. The minimum atomic E-state index is -0.918. The van der Waals surface area contributed by atoms with Crippen LogP contribution in [-0.4, -0.2) is 42.1 Å². The third-order valence-electron chi connectivity index (χ3n) is 2.57. The van der Waals surface area contributed by atoms with Gasteiger partial charge in [0.25, 0.3) is 5.91 Å². The molecule has 6 heteroatoms. The molecule has 0 aliphatic heterocycles. The minimum Gasteiger partial charge on any atom is -0.484 e. The number of halogens is 1. The van der Waals surface area contributed by atoms with Crippen LogP contribution >= 0.6 is 22.6 Å². The fourth-order valence-corrected chi connectivity index (χ4v) is 1.74. The number of hydrogen-bond donors (Lipinski definition) is 1. The molecular formula is C13H16INO4. The lowest BCUT2D eigenvalue weighted by Crippen LogP contribution is -2.36. The van der Waals surface area contributed by atoms with Gasteiger partial charge in [0.2, 0.25) is 0 Å². The zero-order valence-corrected chi connectivity index (χ0v) is 13.0. The monoisotopic (exact) mass is 377 g/mol. The van der Waals surface area contributed by atoms with Gasteiger partial charge in [0.1, 0.15) is 5.75 Å². The molecule has 0 saturated heterocycles. The molecule has 0 heterocycles. The topological polar surface area (TPSA) is 66.8 Å². The smallest absolute Gasteiger partial charge is 0.308 e. The molecule has 1 amide bonds. The summed E-state index contributed by atoms with van der Waals surface area (Å²) in [4.78, 5) is 23.8. The summed E-state index contributed by atoms with van der Waals surface area (Å²) in [5.41, 5.74) is 0. The van der Waals surface area contributed by atoms with Crippen molar-refractivity contribution < 1.29 is 19.4 Å². The lowest BCUT2D eigenvalue weighted by molar-refractivity contribution is -0.143. The summed E-state index contributed by atoms with van der Waals surface area (Å²) in [7, 11) is 1.57. The molecule has 0 radical (unpaired) electrons. The normalized spacial score (nSPS) is 11.7. The van der Waals surface area contributed by atoms with Crippen molar-refractivity contribution in [2.45, 2.75) is 6.92 Å². The van der Waals surface area contributed by atoms with Gasteiger partial charge in [-0.1, -0.05) is 6.92 Å². The van der Waals surface area contributed by atoms with Gasteiger partial charge in [-0.3, -0.25) is 9.59 Å². The maximum Gasteiger partial charge on any atom is 0.308 e. The summed E-state index contributed by atoms with van der Waals surface area (Å²) in [6, 6.07) is 7.34. The van der Waals surface area contributed by atoms with E-state index >= 15 is 0 Å². The van der Waals surface area contributed by atoms with Crippen LogP contribution < -0.4 is 4.74 Å². The van der Waals surface area contributed by atoms with E-state index < -0.39 is 11.9 Å². The van der Waals surface area contributed by atoms with Crippen LogP contribution in [0.3, 0.4) is 0 Å². The molecule has 0 spiro atoms. The molecule has 1 aromatic rings. The van der Waals surface area contributed by atoms with E-state index in [9.17, 15) is 9.59 Å². The van der Waals surface area contributed by atoms with Crippen molar-refractivity contribution >= 4 is 34.5 Å². The number of aliphatic carboxylic acids is 1. The third-order valence-corrected chi connectivity index (χ3v) is 3.29. The van der Waals surface area contributed by atoms with Crippen LogP contribution in [0, 0.1) is 9.49 Å². The summed E-state index contributed by atoms with van der Waals surface area (Å²) in [5.74, 6) is -1.13. The SMILES string of the molecule is CC(CN(C)C(=O)COc1ccc(I)cc1)C(=O)O. The van der Waals surface area contributed by atoms with Crippen LogP contribution in [0.5, 0.6) is 5.75 Å². The average Bonchev–Trinajstić information content (AvgIpc) is 2.37. The van der Waals surface area contributed by atoms with E-state index in [0.29, 0.717) is 5.75 Å². The molecule has 0 bridgehead atoms. The molecule has 0 saturated carbocycles. The van der Waals surface area contributed by atoms with E-state index in [1.54, 1.807) is 26.1 Å². The number of carboxylic acids is 1. The third kappa shape index (κ3) is 5.46. The first kappa shape index (κ1) is 15.7. The Labute approximate surface area is 125 Å². The van der Waals surface area contributed by atoms with Gasteiger partial charge in [-0.05, 0) is 46.9 Å². The van der Waals surface area contributed by atoms with Crippen molar-refractivity contribution in [1.29, 1.82) is 0 Å². The number of rotatable bonds is 6. The van der Waals surface area contributed by atoms with Crippen molar-refractivity contribution in [2.24, 2.45) is 5.92 Å². The quantitative estimate of drug-likeness (QED) is 0.769. The van der Waals surface area contributed by atoms with Gasteiger partial charge < -0.3 is 14.7 Å². The fraction of sp³-hybridized carbons (Fsp3) is 0.385. The predicted octanol–water partition coefficient (Wildman–Crippen LogP) is 1.85. The van der Waals surface area contributed by atoms with Gasteiger partial charge in [0, 0.05) is 17.2 Å². The molecule has 19 heavy (non-hydrogen) atoms. The summed E-state index contributed by atoms with van der Waals surface area (Å²) in [5, 5.41) is 8.78. The van der Waals surface area contributed by atoms with Gasteiger partial charge in [0.15, 0.2) is 6.61 Å². The first-order chi connectivity index (χ1) is 8.90. The molecule has 1 atom stereocenters. The highest BCUT2D eigenvalue weighted by molar-refractivity contribution is 14.1. The van der Waals surface area contributed by atoms with E-state index in [0.717, 1.165) is 3.57 Å². The number of nitrogens with zero attached hydrogens (tertiary/aromatic N) is 1. The summed E-state index contributed by atoms with van der Waals surface area (Å²) < 4.78 is 6.43. The second kappa shape index (κ2) is 7.32. The minimum absolute atomic E-state index is 0.0938. The Kier molecular flexibility index (Phi) is 6.07.